The minimum absolute atomic E-state index is 0.0690. The SMILES string of the molecule is COc1ccc(C2CCCN2CC(=O)Nc2ccc3c(c2)C(=O)N(C)C3=O)c(OC)c1. The molecule has 2 aromatic rings. The van der Waals surface area contributed by atoms with Crippen molar-refractivity contribution in [3.63, 3.8) is 0 Å². The Bertz CT molecular complexity index is 1050. The molecule has 162 valence electrons. The first-order valence-electron chi connectivity index (χ1n) is 10.1. The van der Waals surface area contributed by atoms with Gasteiger partial charge in [0.1, 0.15) is 11.5 Å². The average molecular weight is 423 g/mol. The molecule has 1 saturated heterocycles. The van der Waals surface area contributed by atoms with Crippen LogP contribution in [0.4, 0.5) is 5.69 Å². The summed E-state index contributed by atoms with van der Waals surface area (Å²) in [5.74, 6) is 0.596. The largest absolute Gasteiger partial charge is 0.497 e. The Hall–Kier alpha value is -3.39. The van der Waals surface area contributed by atoms with E-state index < -0.39 is 0 Å². The summed E-state index contributed by atoms with van der Waals surface area (Å²) in [4.78, 5) is 40.2. The number of methoxy groups -OCH3 is 2. The van der Waals surface area contributed by atoms with Gasteiger partial charge in [-0.25, -0.2) is 0 Å². The Balaban J connectivity index is 1.47. The third kappa shape index (κ3) is 3.86. The summed E-state index contributed by atoms with van der Waals surface area (Å²) in [6.07, 6.45) is 1.91. The number of rotatable bonds is 6. The molecule has 0 spiro atoms. The van der Waals surface area contributed by atoms with Crippen LogP contribution in [-0.2, 0) is 4.79 Å². The van der Waals surface area contributed by atoms with Gasteiger partial charge in [0, 0.05) is 30.4 Å². The lowest BCUT2D eigenvalue weighted by Gasteiger charge is -2.26. The number of nitrogens with zero attached hydrogens (tertiary/aromatic N) is 2. The van der Waals surface area contributed by atoms with Crippen LogP contribution in [0.1, 0.15) is 45.2 Å². The van der Waals surface area contributed by atoms with Gasteiger partial charge in [-0.2, -0.15) is 0 Å². The number of hydrogen-bond donors (Lipinski definition) is 1. The number of ether oxygens (including phenoxy) is 2. The first-order chi connectivity index (χ1) is 14.9. The predicted molar refractivity (Wildman–Crippen MR) is 115 cm³/mol. The third-order valence-corrected chi connectivity index (χ3v) is 5.88. The second-order valence-electron chi connectivity index (χ2n) is 7.71. The van der Waals surface area contributed by atoms with Crippen LogP contribution in [0.3, 0.4) is 0 Å². The molecule has 2 aliphatic heterocycles. The zero-order valence-electron chi connectivity index (χ0n) is 17.8. The van der Waals surface area contributed by atoms with Gasteiger partial charge in [-0.05, 0) is 43.7 Å². The van der Waals surface area contributed by atoms with Crippen LogP contribution in [0.2, 0.25) is 0 Å². The number of anilines is 1. The number of imide groups is 1. The van der Waals surface area contributed by atoms with Crippen LogP contribution < -0.4 is 14.8 Å². The molecular weight excluding hydrogens is 398 g/mol. The average Bonchev–Trinajstić information content (AvgIpc) is 3.31. The van der Waals surface area contributed by atoms with Gasteiger partial charge in [0.15, 0.2) is 0 Å². The molecule has 8 nitrogen and oxygen atoms in total. The topological polar surface area (TPSA) is 88.2 Å². The molecule has 1 atom stereocenters. The summed E-state index contributed by atoms with van der Waals surface area (Å²) in [5.41, 5.74) is 2.19. The Morgan fingerprint density at radius 2 is 1.84 bits per heavy atom. The molecule has 2 heterocycles. The van der Waals surface area contributed by atoms with E-state index in [9.17, 15) is 14.4 Å². The molecule has 0 aliphatic carbocycles. The fraction of sp³-hybridized carbons (Fsp3) is 0.348. The maximum absolute atomic E-state index is 12.7. The van der Waals surface area contributed by atoms with Gasteiger partial charge in [0.05, 0.1) is 31.9 Å². The summed E-state index contributed by atoms with van der Waals surface area (Å²) in [6, 6.07) is 10.6. The number of fused-ring (bicyclic) bond motifs is 1. The zero-order valence-corrected chi connectivity index (χ0v) is 17.8. The lowest BCUT2D eigenvalue weighted by molar-refractivity contribution is -0.117. The Morgan fingerprint density at radius 3 is 2.58 bits per heavy atom. The molecule has 8 heteroatoms. The van der Waals surface area contributed by atoms with Gasteiger partial charge in [-0.1, -0.05) is 6.07 Å². The van der Waals surface area contributed by atoms with E-state index in [2.05, 4.69) is 10.2 Å². The normalized spacial score (nSPS) is 18.3. The summed E-state index contributed by atoms with van der Waals surface area (Å²) in [7, 11) is 4.69. The molecule has 1 N–H and O–H groups in total. The molecule has 2 aliphatic rings. The molecule has 3 amide bonds. The van der Waals surface area contributed by atoms with Crippen LogP contribution in [0.15, 0.2) is 36.4 Å². The van der Waals surface area contributed by atoms with Gasteiger partial charge in [0.25, 0.3) is 11.8 Å². The van der Waals surface area contributed by atoms with E-state index >= 15 is 0 Å². The predicted octanol–water partition coefficient (Wildman–Crippen LogP) is 2.71. The number of carbonyl (C=O) groups is 3. The van der Waals surface area contributed by atoms with E-state index in [4.69, 9.17) is 9.47 Å². The van der Waals surface area contributed by atoms with Crippen molar-refractivity contribution < 1.29 is 23.9 Å². The second-order valence-corrected chi connectivity index (χ2v) is 7.71. The minimum atomic E-state index is -0.359. The van der Waals surface area contributed by atoms with E-state index in [1.807, 2.05) is 18.2 Å². The van der Waals surface area contributed by atoms with Crippen molar-refractivity contribution in [2.24, 2.45) is 0 Å². The molecule has 0 aromatic heterocycles. The van der Waals surface area contributed by atoms with Crippen molar-refractivity contribution in [2.45, 2.75) is 18.9 Å². The number of benzene rings is 2. The quantitative estimate of drug-likeness (QED) is 0.719. The third-order valence-electron chi connectivity index (χ3n) is 5.88. The summed E-state index contributed by atoms with van der Waals surface area (Å²) >= 11 is 0. The lowest BCUT2D eigenvalue weighted by atomic mass is 10.0. The maximum Gasteiger partial charge on any atom is 0.261 e. The van der Waals surface area contributed by atoms with Gasteiger partial charge >= 0.3 is 0 Å². The fourth-order valence-electron chi connectivity index (χ4n) is 4.29. The van der Waals surface area contributed by atoms with Crippen molar-refractivity contribution in [2.75, 3.05) is 39.7 Å². The Morgan fingerprint density at radius 1 is 1.06 bits per heavy atom. The smallest absolute Gasteiger partial charge is 0.261 e. The highest BCUT2D eigenvalue weighted by Crippen LogP contribution is 2.38. The zero-order chi connectivity index (χ0) is 22.1. The first kappa shape index (κ1) is 20.9. The van der Waals surface area contributed by atoms with Crippen LogP contribution in [-0.4, -0.2) is 61.9 Å². The summed E-state index contributed by atoms with van der Waals surface area (Å²) < 4.78 is 10.8. The second kappa shape index (κ2) is 8.39. The molecular formula is C23H25N3O5. The fourth-order valence-corrected chi connectivity index (χ4v) is 4.29. The lowest BCUT2D eigenvalue weighted by Crippen LogP contribution is -2.33. The van der Waals surface area contributed by atoms with Crippen LogP contribution in [0.25, 0.3) is 0 Å². The number of hydrogen-bond acceptors (Lipinski definition) is 6. The Labute approximate surface area is 180 Å². The molecule has 0 saturated carbocycles. The highest BCUT2D eigenvalue weighted by atomic mass is 16.5. The molecule has 1 unspecified atom stereocenters. The number of carbonyl (C=O) groups excluding carboxylic acids is 3. The van der Waals surface area contributed by atoms with Crippen molar-refractivity contribution in [3.05, 3.63) is 53.1 Å². The molecule has 0 radical (unpaired) electrons. The highest BCUT2D eigenvalue weighted by molar-refractivity contribution is 6.21. The highest BCUT2D eigenvalue weighted by Gasteiger charge is 2.33. The van der Waals surface area contributed by atoms with Crippen molar-refractivity contribution in [1.82, 2.24) is 9.80 Å². The molecule has 4 rings (SSSR count). The standard InChI is InChI=1S/C23H25N3O5/c1-25-22(28)16-8-6-14(11-18(16)23(25)29)24-21(27)13-26-10-4-5-19(26)17-9-7-15(30-2)12-20(17)31-3/h6-9,11-12,19H,4-5,10,13H2,1-3H3,(H,24,27). The van der Waals surface area contributed by atoms with Crippen molar-refractivity contribution in [3.8, 4) is 11.5 Å². The monoisotopic (exact) mass is 423 g/mol. The van der Waals surface area contributed by atoms with Gasteiger partial charge in [-0.3, -0.25) is 24.2 Å². The van der Waals surface area contributed by atoms with E-state index in [-0.39, 0.29) is 30.3 Å². The van der Waals surface area contributed by atoms with E-state index in [1.54, 1.807) is 32.4 Å². The summed E-state index contributed by atoms with van der Waals surface area (Å²) in [5, 5.41) is 2.85. The minimum Gasteiger partial charge on any atom is -0.497 e. The van der Waals surface area contributed by atoms with Crippen molar-refractivity contribution >= 4 is 23.4 Å². The summed E-state index contributed by atoms with van der Waals surface area (Å²) in [6.45, 7) is 1.01. The van der Waals surface area contributed by atoms with Gasteiger partial charge < -0.3 is 14.8 Å². The van der Waals surface area contributed by atoms with E-state index in [0.29, 0.717) is 16.8 Å². The maximum atomic E-state index is 12.7. The number of amides is 3. The van der Waals surface area contributed by atoms with Gasteiger partial charge in [-0.15, -0.1) is 0 Å². The van der Waals surface area contributed by atoms with E-state index in [0.717, 1.165) is 41.3 Å². The first-order valence-corrected chi connectivity index (χ1v) is 10.1. The number of likely N-dealkylation sites (tertiary alicyclic amines) is 1. The molecule has 31 heavy (non-hydrogen) atoms. The molecule has 2 aromatic carbocycles. The van der Waals surface area contributed by atoms with E-state index in [1.165, 1.54) is 7.05 Å². The van der Waals surface area contributed by atoms with Crippen LogP contribution in [0.5, 0.6) is 11.5 Å². The number of nitrogens with one attached hydrogen (secondary N) is 1. The van der Waals surface area contributed by atoms with Crippen molar-refractivity contribution in [1.29, 1.82) is 0 Å². The Kier molecular flexibility index (Phi) is 5.65. The van der Waals surface area contributed by atoms with Gasteiger partial charge in [0.2, 0.25) is 5.91 Å². The molecule has 1 fully saturated rings. The van der Waals surface area contributed by atoms with Crippen LogP contribution >= 0.6 is 0 Å². The van der Waals surface area contributed by atoms with Crippen LogP contribution in [0, 0.1) is 0 Å². The molecule has 0 bridgehead atoms.